The van der Waals surface area contributed by atoms with Gasteiger partial charge in [-0.05, 0) is 57.2 Å². The fourth-order valence-corrected chi connectivity index (χ4v) is 2.94. The summed E-state index contributed by atoms with van der Waals surface area (Å²) in [5.41, 5.74) is 0.443. The Labute approximate surface area is 119 Å². The van der Waals surface area contributed by atoms with Crippen LogP contribution in [-0.4, -0.2) is 49.6 Å². The van der Waals surface area contributed by atoms with Crippen molar-refractivity contribution in [2.75, 3.05) is 38.7 Å². The van der Waals surface area contributed by atoms with E-state index in [0.717, 1.165) is 13.1 Å². The van der Waals surface area contributed by atoms with E-state index in [1.54, 1.807) is 0 Å². The molecule has 110 valence electrons. The van der Waals surface area contributed by atoms with Gasteiger partial charge in [0.2, 0.25) is 0 Å². The van der Waals surface area contributed by atoms with Gasteiger partial charge in [-0.3, -0.25) is 0 Å². The smallest absolute Gasteiger partial charge is 0.00719 e. The minimum atomic E-state index is 0.443. The molecule has 0 aromatic heterocycles. The number of thioether (sulfide) groups is 1. The van der Waals surface area contributed by atoms with Crippen LogP contribution in [0.4, 0.5) is 0 Å². The fourth-order valence-electron chi connectivity index (χ4n) is 2.36. The van der Waals surface area contributed by atoms with Gasteiger partial charge in [-0.25, -0.2) is 0 Å². The lowest BCUT2D eigenvalue weighted by Gasteiger charge is -2.38. The van der Waals surface area contributed by atoms with Crippen LogP contribution in [0, 0.1) is 5.41 Å². The van der Waals surface area contributed by atoms with Gasteiger partial charge >= 0.3 is 0 Å². The summed E-state index contributed by atoms with van der Waals surface area (Å²) < 4.78 is 0. The zero-order chi connectivity index (χ0) is 14.0. The molecule has 2 nitrogen and oxygen atoms in total. The van der Waals surface area contributed by atoms with E-state index >= 15 is 0 Å². The molecule has 0 fully saturated rings. The molecule has 0 spiro atoms. The topological polar surface area (TPSA) is 15.3 Å². The van der Waals surface area contributed by atoms with E-state index in [4.69, 9.17) is 0 Å². The number of rotatable bonds is 11. The molecule has 0 rings (SSSR count). The summed E-state index contributed by atoms with van der Waals surface area (Å²) in [5.74, 6) is 1.27. The SMILES string of the molecule is CCNCC(CC)(CC)CN(C)C(C)CCSC. The summed E-state index contributed by atoms with van der Waals surface area (Å²) in [6, 6.07) is 0.691. The standard InChI is InChI=1S/C15H34N2S/c1-7-15(8-2,12-16-9-3)13-17(5)14(4)10-11-18-6/h14,16H,7-13H2,1-6H3. The summed E-state index contributed by atoms with van der Waals surface area (Å²) in [7, 11) is 2.29. The molecule has 1 N–H and O–H groups in total. The second-order valence-electron chi connectivity index (χ2n) is 5.53. The van der Waals surface area contributed by atoms with Gasteiger partial charge in [0.05, 0.1) is 0 Å². The second kappa shape index (κ2) is 10.1. The Bertz CT molecular complexity index is 193. The Hall–Kier alpha value is 0.270. The molecule has 0 heterocycles. The Kier molecular flexibility index (Phi) is 10.3. The predicted molar refractivity (Wildman–Crippen MR) is 86.6 cm³/mol. The third kappa shape index (κ3) is 6.44. The first-order chi connectivity index (χ1) is 8.55. The third-order valence-electron chi connectivity index (χ3n) is 4.33. The van der Waals surface area contributed by atoms with Gasteiger partial charge in [0.1, 0.15) is 0 Å². The zero-order valence-corrected chi connectivity index (χ0v) is 14.2. The van der Waals surface area contributed by atoms with Gasteiger partial charge in [0, 0.05) is 19.1 Å². The minimum absolute atomic E-state index is 0.443. The molecule has 0 aliphatic rings. The second-order valence-corrected chi connectivity index (χ2v) is 6.52. The lowest BCUT2D eigenvalue weighted by molar-refractivity contribution is 0.126. The monoisotopic (exact) mass is 274 g/mol. The Morgan fingerprint density at radius 1 is 1.22 bits per heavy atom. The molecule has 0 radical (unpaired) electrons. The highest BCUT2D eigenvalue weighted by Gasteiger charge is 2.28. The third-order valence-corrected chi connectivity index (χ3v) is 4.97. The van der Waals surface area contributed by atoms with Crippen LogP contribution in [-0.2, 0) is 0 Å². The van der Waals surface area contributed by atoms with Crippen molar-refractivity contribution >= 4 is 11.8 Å². The molecular weight excluding hydrogens is 240 g/mol. The van der Waals surface area contributed by atoms with Crippen molar-refractivity contribution in [2.45, 2.75) is 53.0 Å². The van der Waals surface area contributed by atoms with Crippen LogP contribution < -0.4 is 5.32 Å². The van der Waals surface area contributed by atoms with Gasteiger partial charge < -0.3 is 10.2 Å². The van der Waals surface area contributed by atoms with E-state index in [-0.39, 0.29) is 0 Å². The molecule has 0 aliphatic carbocycles. The lowest BCUT2D eigenvalue weighted by atomic mass is 9.81. The minimum Gasteiger partial charge on any atom is -0.316 e. The van der Waals surface area contributed by atoms with Gasteiger partial charge in [-0.1, -0.05) is 20.8 Å². The van der Waals surface area contributed by atoms with Gasteiger partial charge in [-0.2, -0.15) is 11.8 Å². The molecule has 18 heavy (non-hydrogen) atoms. The summed E-state index contributed by atoms with van der Waals surface area (Å²) >= 11 is 1.95. The molecule has 0 aromatic carbocycles. The van der Waals surface area contributed by atoms with Crippen LogP contribution in [0.25, 0.3) is 0 Å². The average Bonchev–Trinajstić information content (AvgIpc) is 2.40. The van der Waals surface area contributed by atoms with Crippen molar-refractivity contribution < 1.29 is 0 Å². The largest absolute Gasteiger partial charge is 0.316 e. The van der Waals surface area contributed by atoms with E-state index in [9.17, 15) is 0 Å². The molecular formula is C15H34N2S. The molecule has 3 heteroatoms. The molecule has 0 aliphatic heterocycles. The number of hydrogen-bond acceptors (Lipinski definition) is 3. The van der Waals surface area contributed by atoms with Crippen molar-refractivity contribution in [3.05, 3.63) is 0 Å². The fraction of sp³-hybridized carbons (Fsp3) is 1.00. The first kappa shape index (κ1) is 18.3. The lowest BCUT2D eigenvalue weighted by Crippen LogP contribution is -2.45. The molecule has 1 unspecified atom stereocenters. The maximum Gasteiger partial charge on any atom is 0.00719 e. The predicted octanol–water partition coefficient (Wildman–Crippen LogP) is 3.48. The highest BCUT2D eigenvalue weighted by Crippen LogP contribution is 2.27. The first-order valence-corrected chi connectivity index (χ1v) is 8.84. The molecule has 0 saturated carbocycles. The normalized spacial score (nSPS) is 14.2. The van der Waals surface area contributed by atoms with Crippen molar-refractivity contribution in [1.29, 1.82) is 0 Å². The summed E-state index contributed by atoms with van der Waals surface area (Å²) in [5, 5.41) is 3.55. The Morgan fingerprint density at radius 2 is 1.83 bits per heavy atom. The van der Waals surface area contributed by atoms with Crippen molar-refractivity contribution in [3.63, 3.8) is 0 Å². The number of hydrogen-bond donors (Lipinski definition) is 1. The summed E-state index contributed by atoms with van der Waals surface area (Å²) in [6.07, 6.45) is 6.01. The van der Waals surface area contributed by atoms with Crippen LogP contribution in [0.1, 0.15) is 47.0 Å². The van der Waals surface area contributed by atoms with Crippen LogP contribution >= 0.6 is 11.8 Å². The van der Waals surface area contributed by atoms with E-state index in [2.05, 4.69) is 51.2 Å². The van der Waals surface area contributed by atoms with Crippen molar-refractivity contribution in [3.8, 4) is 0 Å². The van der Waals surface area contributed by atoms with E-state index in [1.165, 1.54) is 31.6 Å². The van der Waals surface area contributed by atoms with Gasteiger partial charge in [0.25, 0.3) is 0 Å². The molecule has 0 saturated heterocycles. The number of nitrogens with zero attached hydrogens (tertiary/aromatic N) is 1. The van der Waals surface area contributed by atoms with Gasteiger partial charge in [0.15, 0.2) is 0 Å². The highest BCUT2D eigenvalue weighted by molar-refractivity contribution is 7.98. The zero-order valence-electron chi connectivity index (χ0n) is 13.4. The van der Waals surface area contributed by atoms with Gasteiger partial charge in [-0.15, -0.1) is 0 Å². The Balaban J connectivity index is 4.37. The summed E-state index contributed by atoms with van der Waals surface area (Å²) in [4.78, 5) is 2.56. The van der Waals surface area contributed by atoms with Crippen LogP contribution in [0.3, 0.4) is 0 Å². The first-order valence-electron chi connectivity index (χ1n) is 7.45. The highest BCUT2D eigenvalue weighted by atomic mass is 32.2. The molecule has 1 atom stereocenters. The van der Waals surface area contributed by atoms with E-state index in [1.807, 2.05) is 11.8 Å². The van der Waals surface area contributed by atoms with E-state index in [0.29, 0.717) is 11.5 Å². The molecule has 0 bridgehead atoms. The number of nitrogens with one attached hydrogen (secondary N) is 1. The van der Waals surface area contributed by atoms with Crippen LogP contribution in [0.15, 0.2) is 0 Å². The average molecular weight is 275 g/mol. The maximum atomic E-state index is 3.55. The molecule has 0 amide bonds. The molecule has 0 aromatic rings. The summed E-state index contributed by atoms with van der Waals surface area (Å²) in [6.45, 7) is 12.7. The van der Waals surface area contributed by atoms with Crippen LogP contribution in [0.2, 0.25) is 0 Å². The van der Waals surface area contributed by atoms with Crippen LogP contribution in [0.5, 0.6) is 0 Å². The van der Waals surface area contributed by atoms with Crippen molar-refractivity contribution in [1.82, 2.24) is 10.2 Å². The van der Waals surface area contributed by atoms with Crippen molar-refractivity contribution in [2.24, 2.45) is 5.41 Å². The quantitative estimate of drug-likeness (QED) is 0.621. The van der Waals surface area contributed by atoms with E-state index < -0.39 is 0 Å². The maximum absolute atomic E-state index is 3.55. The Morgan fingerprint density at radius 3 is 2.28 bits per heavy atom.